The molecule has 0 aromatic heterocycles. The van der Waals surface area contributed by atoms with Crippen LogP contribution >= 0.6 is 15.9 Å². The van der Waals surface area contributed by atoms with E-state index >= 15 is 0 Å². The van der Waals surface area contributed by atoms with Crippen molar-refractivity contribution in [2.24, 2.45) is 5.92 Å². The number of carboxylic acids is 1. The third kappa shape index (κ3) is 4.31. The fourth-order valence-electron chi connectivity index (χ4n) is 1.62. The molecule has 0 aliphatic carbocycles. The van der Waals surface area contributed by atoms with Gasteiger partial charge in [-0.25, -0.2) is 0 Å². The normalized spacial score (nSPS) is 12.2. The van der Waals surface area contributed by atoms with E-state index in [4.69, 9.17) is 9.84 Å². The molecule has 0 saturated carbocycles. The van der Waals surface area contributed by atoms with Crippen LogP contribution < -0.4 is 10.1 Å². The highest BCUT2D eigenvalue weighted by molar-refractivity contribution is 9.10. The third-order valence-corrected chi connectivity index (χ3v) is 3.40. The standard InChI is InChI=1S/C13H18BrNO3/c1-3-10(13(16)17)8-15-7-9-4-5-12(18-2)11(14)6-9/h4-6,10,15H,3,7-8H2,1-2H3,(H,16,17). The largest absolute Gasteiger partial charge is 0.496 e. The fraction of sp³-hybridized carbons (Fsp3) is 0.462. The summed E-state index contributed by atoms with van der Waals surface area (Å²) in [5, 5.41) is 12.1. The molecular formula is C13H18BrNO3. The quantitative estimate of drug-likeness (QED) is 0.812. The maximum absolute atomic E-state index is 10.8. The van der Waals surface area contributed by atoms with Crippen LogP contribution in [0.1, 0.15) is 18.9 Å². The van der Waals surface area contributed by atoms with Crippen molar-refractivity contribution in [3.8, 4) is 5.75 Å². The molecule has 0 aliphatic rings. The number of methoxy groups -OCH3 is 1. The summed E-state index contributed by atoms with van der Waals surface area (Å²) >= 11 is 3.42. The lowest BCUT2D eigenvalue weighted by Crippen LogP contribution is -2.27. The lowest BCUT2D eigenvalue weighted by Gasteiger charge is -2.11. The van der Waals surface area contributed by atoms with Crippen LogP contribution in [0.2, 0.25) is 0 Å². The monoisotopic (exact) mass is 315 g/mol. The predicted octanol–water partition coefficient (Wildman–Crippen LogP) is 2.66. The van der Waals surface area contributed by atoms with Crippen molar-refractivity contribution in [1.29, 1.82) is 0 Å². The van der Waals surface area contributed by atoms with Crippen molar-refractivity contribution >= 4 is 21.9 Å². The van der Waals surface area contributed by atoms with Gasteiger partial charge in [0.25, 0.3) is 0 Å². The van der Waals surface area contributed by atoms with E-state index in [-0.39, 0.29) is 5.92 Å². The van der Waals surface area contributed by atoms with E-state index in [1.807, 2.05) is 25.1 Å². The number of hydrogen-bond acceptors (Lipinski definition) is 3. The molecule has 5 heteroatoms. The second-order valence-electron chi connectivity index (χ2n) is 4.04. The van der Waals surface area contributed by atoms with Crippen LogP contribution in [-0.4, -0.2) is 24.7 Å². The van der Waals surface area contributed by atoms with Gasteiger partial charge in [0.05, 0.1) is 17.5 Å². The Kier molecular flexibility index (Phi) is 6.15. The Labute approximate surface area is 115 Å². The third-order valence-electron chi connectivity index (χ3n) is 2.78. The van der Waals surface area contributed by atoms with Gasteiger partial charge in [-0.3, -0.25) is 4.79 Å². The van der Waals surface area contributed by atoms with Crippen molar-refractivity contribution < 1.29 is 14.6 Å². The van der Waals surface area contributed by atoms with Gasteiger partial charge in [-0.2, -0.15) is 0 Å². The molecule has 1 aromatic rings. The van der Waals surface area contributed by atoms with Crippen molar-refractivity contribution in [2.45, 2.75) is 19.9 Å². The number of ether oxygens (including phenoxy) is 1. The predicted molar refractivity (Wildman–Crippen MR) is 73.8 cm³/mol. The van der Waals surface area contributed by atoms with Crippen LogP contribution in [0.4, 0.5) is 0 Å². The Bertz CT molecular complexity index is 409. The first kappa shape index (κ1) is 15.0. The number of rotatable bonds is 7. The number of nitrogens with one attached hydrogen (secondary N) is 1. The topological polar surface area (TPSA) is 58.6 Å². The van der Waals surface area contributed by atoms with Gasteiger partial charge in [-0.1, -0.05) is 13.0 Å². The summed E-state index contributed by atoms with van der Waals surface area (Å²) in [5.41, 5.74) is 1.09. The average molecular weight is 316 g/mol. The first-order valence-corrected chi connectivity index (χ1v) is 6.63. The summed E-state index contributed by atoms with van der Waals surface area (Å²) in [6.45, 7) is 3.01. The maximum atomic E-state index is 10.8. The van der Waals surface area contributed by atoms with E-state index in [1.54, 1.807) is 7.11 Å². The molecule has 0 radical (unpaired) electrons. The number of carboxylic acid groups (broad SMARTS) is 1. The van der Waals surface area contributed by atoms with E-state index in [2.05, 4.69) is 21.2 Å². The summed E-state index contributed by atoms with van der Waals surface area (Å²) in [6.07, 6.45) is 0.634. The molecule has 0 bridgehead atoms. The molecule has 18 heavy (non-hydrogen) atoms. The second-order valence-corrected chi connectivity index (χ2v) is 4.90. The first-order valence-electron chi connectivity index (χ1n) is 5.84. The minimum absolute atomic E-state index is 0.327. The van der Waals surface area contributed by atoms with E-state index in [9.17, 15) is 4.79 Å². The number of benzene rings is 1. The van der Waals surface area contributed by atoms with Gasteiger partial charge in [-0.15, -0.1) is 0 Å². The summed E-state index contributed by atoms with van der Waals surface area (Å²) < 4.78 is 6.04. The highest BCUT2D eigenvalue weighted by Crippen LogP contribution is 2.25. The molecule has 0 fully saturated rings. The Morgan fingerprint density at radius 3 is 2.78 bits per heavy atom. The fourth-order valence-corrected chi connectivity index (χ4v) is 2.20. The van der Waals surface area contributed by atoms with Crippen molar-refractivity contribution in [1.82, 2.24) is 5.32 Å². The molecule has 1 unspecified atom stereocenters. The zero-order chi connectivity index (χ0) is 13.5. The molecule has 2 N–H and O–H groups in total. The molecule has 0 saturated heterocycles. The zero-order valence-corrected chi connectivity index (χ0v) is 12.2. The lowest BCUT2D eigenvalue weighted by molar-refractivity contribution is -0.141. The van der Waals surface area contributed by atoms with Crippen LogP contribution in [0.25, 0.3) is 0 Å². The van der Waals surface area contributed by atoms with Crippen molar-refractivity contribution in [2.75, 3.05) is 13.7 Å². The number of halogens is 1. The Balaban J connectivity index is 2.49. The molecule has 100 valence electrons. The molecule has 0 amide bonds. The molecule has 1 aromatic carbocycles. The van der Waals surface area contributed by atoms with E-state index in [1.165, 1.54) is 0 Å². The minimum atomic E-state index is -0.749. The molecule has 1 atom stereocenters. The summed E-state index contributed by atoms with van der Waals surface area (Å²) in [4.78, 5) is 10.8. The van der Waals surface area contributed by atoms with Crippen LogP contribution in [0.3, 0.4) is 0 Å². The average Bonchev–Trinajstić information content (AvgIpc) is 2.34. The van der Waals surface area contributed by atoms with Crippen molar-refractivity contribution in [3.63, 3.8) is 0 Å². The van der Waals surface area contributed by atoms with E-state index in [0.29, 0.717) is 19.5 Å². The Morgan fingerprint density at radius 2 is 2.28 bits per heavy atom. The van der Waals surface area contributed by atoms with E-state index < -0.39 is 5.97 Å². The summed E-state index contributed by atoms with van der Waals surface area (Å²) in [6, 6.07) is 5.81. The van der Waals surface area contributed by atoms with Gasteiger partial charge < -0.3 is 15.2 Å². The van der Waals surface area contributed by atoms with Crippen LogP contribution in [0.5, 0.6) is 5.75 Å². The minimum Gasteiger partial charge on any atom is -0.496 e. The second kappa shape index (κ2) is 7.38. The first-order chi connectivity index (χ1) is 8.58. The molecule has 0 spiro atoms. The molecular weight excluding hydrogens is 298 g/mol. The molecule has 1 rings (SSSR count). The van der Waals surface area contributed by atoms with Crippen LogP contribution in [0.15, 0.2) is 22.7 Å². The molecule has 0 heterocycles. The Morgan fingerprint density at radius 1 is 1.56 bits per heavy atom. The summed E-state index contributed by atoms with van der Waals surface area (Å²) in [7, 11) is 1.62. The molecule has 0 aliphatic heterocycles. The molecule has 4 nitrogen and oxygen atoms in total. The zero-order valence-electron chi connectivity index (χ0n) is 10.6. The van der Waals surface area contributed by atoms with Crippen LogP contribution in [-0.2, 0) is 11.3 Å². The van der Waals surface area contributed by atoms with Gasteiger partial charge in [0.1, 0.15) is 5.75 Å². The SMILES string of the molecule is CCC(CNCc1ccc(OC)c(Br)c1)C(=O)O. The van der Waals surface area contributed by atoms with E-state index in [0.717, 1.165) is 15.8 Å². The van der Waals surface area contributed by atoms with Gasteiger partial charge in [-0.05, 0) is 40.0 Å². The maximum Gasteiger partial charge on any atom is 0.307 e. The lowest BCUT2D eigenvalue weighted by atomic mass is 10.1. The number of aliphatic carboxylic acids is 1. The highest BCUT2D eigenvalue weighted by atomic mass is 79.9. The van der Waals surface area contributed by atoms with Gasteiger partial charge >= 0.3 is 5.97 Å². The Hall–Kier alpha value is -1.07. The van der Waals surface area contributed by atoms with Gasteiger partial charge in [0.15, 0.2) is 0 Å². The smallest absolute Gasteiger partial charge is 0.307 e. The van der Waals surface area contributed by atoms with Gasteiger partial charge in [0, 0.05) is 13.1 Å². The number of carbonyl (C=O) groups is 1. The van der Waals surface area contributed by atoms with Gasteiger partial charge in [0.2, 0.25) is 0 Å². The van der Waals surface area contributed by atoms with Crippen LogP contribution in [0, 0.1) is 5.92 Å². The number of hydrogen-bond donors (Lipinski definition) is 2. The summed E-state index contributed by atoms with van der Waals surface area (Å²) in [5.74, 6) is -0.289. The highest BCUT2D eigenvalue weighted by Gasteiger charge is 2.13. The van der Waals surface area contributed by atoms with Crippen molar-refractivity contribution in [3.05, 3.63) is 28.2 Å².